The topological polar surface area (TPSA) is 56.7 Å². The fraction of sp³-hybridized carbons (Fsp3) is 0.125. The van der Waals surface area contributed by atoms with E-state index in [9.17, 15) is 0 Å². The number of nitrogens with zero attached hydrogens (tertiary/aromatic N) is 3. The van der Waals surface area contributed by atoms with Crippen LogP contribution in [0.1, 0.15) is 11.4 Å². The van der Waals surface area contributed by atoms with E-state index < -0.39 is 0 Å². The molecule has 2 aromatic heterocycles. The monoisotopic (exact) mass is 264 g/mol. The summed E-state index contributed by atoms with van der Waals surface area (Å²) < 4.78 is 1.96. The highest BCUT2D eigenvalue weighted by molar-refractivity contribution is 5.70. The van der Waals surface area contributed by atoms with Crippen LogP contribution in [0.5, 0.6) is 0 Å². The molecule has 0 amide bonds. The first-order chi connectivity index (χ1) is 9.66. The van der Waals surface area contributed by atoms with Crippen molar-refractivity contribution in [3.63, 3.8) is 0 Å². The molecular formula is C16H16N4. The standard InChI is InChI=1S/C16H16N4/c1-11-16(13-8-9-18-15(17)10-13)12(2)20(19-11)14-6-4-3-5-7-14/h3-10H,1-2H3,(H2,17,18). The first-order valence-corrected chi connectivity index (χ1v) is 6.50. The second-order valence-corrected chi connectivity index (χ2v) is 4.76. The van der Waals surface area contributed by atoms with Crippen molar-refractivity contribution in [1.82, 2.24) is 14.8 Å². The van der Waals surface area contributed by atoms with E-state index in [2.05, 4.69) is 17.0 Å². The maximum Gasteiger partial charge on any atom is 0.123 e. The molecule has 1 aromatic carbocycles. The lowest BCUT2D eigenvalue weighted by Crippen LogP contribution is -1.98. The zero-order valence-electron chi connectivity index (χ0n) is 11.5. The Labute approximate surface area is 117 Å². The van der Waals surface area contributed by atoms with Crippen LogP contribution in [0.4, 0.5) is 5.82 Å². The summed E-state index contributed by atoms with van der Waals surface area (Å²) in [4.78, 5) is 4.04. The quantitative estimate of drug-likeness (QED) is 0.773. The molecule has 2 heterocycles. The van der Waals surface area contributed by atoms with Crippen LogP contribution in [-0.4, -0.2) is 14.8 Å². The third-order valence-corrected chi connectivity index (χ3v) is 3.36. The van der Waals surface area contributed by atoms with Gasteiger partial charge in [0.15, 0.2) is 0 Å². The number of nitrogens with two attached hydrogens (primary N) is 1. The maximum atomic E-state index is 5.78. The van der Waals surface area contributed by atoms with Gasteiger partial charge in [0, 0.05) is 17.5 Å². The van der Waals surface area contributed by atoms with Crippen molar-refractivity contribution in [2.75, 3.05) is 5.73 Å². The number of anilines is 1. The van der Waals surface area contributed by atoms with Crippen LogP contribution in [-0.2, 0) is 0 Å². The second kappa shape index (κ2) is 4.81. The molecule has 0 bridgehead atoms. The minimum absolute atomic E-state index is 0.522. The van der Waals surface area contributed by atoms with Gasteiger partial charge in [-0.05, 0) is 43.7 Å². The van der Waals surface area contributed by atoms with Crippen LogP contribution in [0, 0.1) is 13.8 Å². The number of pyridine rings is 1. The molecule has 3 aromatic rings. The molecule has 0 atom stereocenters. The van der Waals surface area contributed by atoms with E-state index in [0.717, 1.165) is 28.2 Å². The highest BCUT2D eigenvalue weighted by Crippen LogP contribution is 2.29. The number of hydrogen-bond acceptors (Lipinski definition) is 3. The lowest BCUT2D eigenvalue weighted by atomic mass is 10.1. The molecule has 2 N–H and O–H groups in total. The average Bonchev–Trinajstić information content (AvgIpc) is 2.75. The van der Waals surface area contributed by atoms with Gasteiger partial charge in [-0.2, -0.15) is 5.10 Å². The zero-order valence-corrected chi connectivity index (χ0v) is 11.5. The number of aryl methyl sites for hydroxylation is 1. The molecule has 4 nitrogen and oxygen atoms in total. The molecule has 0 saturated heterocycles. The zero-order chi connectivity index (χ0) is 14.1. The van der Waals surface area contributed by atoms with Crippen LogP contribution >= 0.6 is 0 Å². The molecule has 100 valence electrons. The van der Waals surface area contributed by atoms with E-state index in [1.54, 1.807) is 6.20 Å². The molecule has 3 rings (SSSR count). The highest BCUT2D eigenvalue weighted by atomic mass is 15.3. The van der Waals surface area contributed by atoms with Gasteiger partial charge in [-0.15, -0.1) is 0 Å². The largest absolute Gasteiger partial charge is 0.384 e. The van der Waals surface area contributed by atoms with Crippen molar-refractivity contribution in [1.29, 1.82) is 0 Å². The molecule has 0 saturated carbocycles. The summed E-state index contributed by atoms with van der Waals surface area (Å²) in [5, 5.41) is 4.64. The Kier molecular flexibility index (Phi) is 2.99. The normalized spacial score (nSPS) is 10.7. The Bertz CT molecular complexity index is 744. The first kappa shape index (κ1) is 12.4. The number of hydrogen-bond donors (Lipinski definition) is 1. The Morgan fingerprint density at radius 3 is 2.50 bits per heavy atom. The summed E-state index contributed by atoms with van der Waals surface area (Å²) in [6.45, 7) is 4.08. The predicted molar refractivity (Wildman–Crippen MR) is 80.7 cm³/mol. The van der Waals surface area contributed by atoms with Gasteiger partial charge in [-0.1, -0.05) is 18.2 Å². The summed E-state index contributed by atoms with van der Waals surface area (Å²) in [5.74, 6) is 0.522. The van der Waals surface area contributed by atoms with Crippen LogP contribution in [0.25, 0.3) is 16.8 Å². The van der Waals surface area contributed by atoms with Gasteiger partial charge in [-0.25, -0.2) is 9.67 Å². The van der Waals surface area contributed by atoms with E-state index >= 15 is 0 Å². The van der Waals surface area contributed by atoms with Gasteiger partial charge < -0.3 is 5.73 Å². The minimum Gasteiger partial charge on any atom is -0.384 e. The second-order valence-electron chi connectivity index (χ2n) is 4.76. The van der Waals surface area contributed by atoms with Gasteiger partial charge in [0.1, 0.15) is 5.82 Å². The van der Waals surface area contributed by atoms with E-state index in [-0.39, 0.29) is 0 Å². The van der Waals surface area contributed by atoms with Crippen LogP contribution in [0.3, 0.4) is 0 Å². The van der Waals surface area contributed by atoms with E-state index in [1.807, 2.05) is 54.1 Å². The first-order valence-electron chi connectivity index (χ1n) is 6.50. The third kappa shape index (κ3) is 2.05. The van der Waals surface area contributed by atoms with Gasteiger partial charge in [0.2, 0.25) is 0 Å². The van der Waals surface area contributed by atoms with Crippen molar-refractivity contribution < 1.29 is 0 Å². The number of rotatable bonds is 2. The molecule has 0 radical (unpaired) electrons. The molecule has 0 spiro atoms. The fourth-order valence-corrected chi connectivity index (χ4v) is 2.48. The molecule has 0 aliphatic heterocycles. The molecular weight excluding hydrogens is 248 g/mol. The molecule has 0 aliphatic rings. The number of para-hydroxylation sites is 1. The Hall–Kier alpha value is -2.62. The molecule has 4 heteroatoms. The minimum atomic E-state index is 0.522. The lowest BCUT2D eigenvalue weighted by molar-refractivity contribution is 0.834. The smallest absolute Gasteiger partial charge is 0.123 e. The van der Waals surface area contributed by atoms with E-state index in [0.29, 0.717) is 5.82 Å². The van der Waals surface area contributed by atoms with Crippen molar-refractivity contribution >= 4 is 5.82 Å². The lowest BCUT2D eigenvalue weighted by Gasteiger charge is -2.05. The Morgan fingerprint density at radius 1 is 1.05 bits per heavy atom. The Balaban J connectivity index is 2.17. The van der Waals surface area contributed by atoms with Crippen molar-refractivity contribution in [2.45, 2.75) is 13.8 Å². The molecule has 0 aliphatic carbocycles. The van der Waals surface area contributed by atoms with Crippen LogP contribution in [0.15, 0.2) is 48.7 Å². The fourth-order valence-electron chi connectivity index (χ4n) is 2.48. The van der Waals surface area contributed by atoms with Crippen molar-refractivity contribution in [2.24, 2.45) is 0 Å². The average molecular weight is 264 g/mol. The summed E-state index contributed by atoms with van der Waals surface area (Å²) >= 11 is 0. The summed E-state index contributed by atoms with van der Waals surface area (Å²) in [5.41, 5.74) is 11.1. The van der Waals surface area contributed by atoms with Crippen molar-refractivity contribution in [3.8, 4) is 16.8 Å². The Morgan fingerprint density at radius 2 is 1.80 bits per heavy atom. The number of benzene rings is 1. The van der Waals surface area contributed by atoms with E-state index in [4.69, 9.17) is 5.73 Å². The van der Waals surface area contributed by atoms with Crippen molar-refractivity contribution in [3.05, 3.63) is 60.0 Å². The van der Waals surface area contributed by atoms with Crippen LogP contribution < -0.4 is 5.73 Å². The van der Waals surface area contributed by atoms with E-state index in [1.165, 1.54) is 0 Å². The number of nitrogen functional groups attached to an aromatic ring is 1. The molecule has 0 fully saturated rings. The summed E-state index contributed by atoms with van der Waals surface area (Å²) in [6.07, 6.45) is 1.73. The highest BCUT2D eigenvalue weighted by Gasteiger charge is 2.14. The van der Waals surface area contributed by atoms with Gasteiger partial charge in [-0.3, -0.25) is 0 Å². The third-order valence-electron chi connectivity index (χ3n) is 3.36. The van der Waals surface area contributed by atoms with Gasteiger partial charge in [0.05, 0.1) is 11.4 Å². The van der Waals surface area contributed by atoms with Gasteiger partial charge >= 0.3 is 0 Å². The maximum absolute atomic E-state index is 5.78. The SMILES string of the molecule is Cc1nn(-c2ccccc2)c(C)c1-c1ccnc(N)c1. The summed E-state index contributed by atoms with van der Waals surface area (Å²) in [6, 6.07) is 14.0. The molecule has 20 heavy (non-hydrogen) atoms. The van der Waals surface area contributed by atoms with Crippen LogP contribution in [0.2, 0.25) is 0 Å². The summed E-state index contributed by atoms with van der Waals surface area (Å²) in [7, 11) is 0. The van der Waals surface area contributed by atoms with Gasteiger partial charge in [0.25, 0.3) is 0 Å². The number of aromatic nitrogens is 3. The predicted octanol–water partition coefficient (Wildman–Crippen LogP) is 3.13. The molecule has 0 unspecified atom stereocenters.